The highest BCUT2D eigenvalue weighted by Gasteiger charge is 2.26. The first kappa shape index (κ1) is 16.7. The van der Waals surface area contributed by atoms with E-state index < -0.39 is 10.9 Å². The molecule has 0 saturated carbocycles. The van der Waals surface area contributed by atoms with Crippen molar-refractivity contribution in [2.75, 3.05) is 7.11 Å². The van der Waals surface area contributed by atoms with Crippen molar-refractivity contribution in [3.63, 3.8) is 0 Å². The Morgan fingerprint density at radius 3 is 2.60 bits per heavy atom. The number of esters is 1. The summed E-state index contributed by atoms with van der Waals surface area (Å²) in [5.41, 5.74) is 0.882. The van der Waals surface area contributed by atoms with Crippen molar-refractivity contribution in [2.45, 2.75) is 0 Å². The molecule has 7 nitrogen and oxygen atoms in total. The van der Waals surface area contributed by atoms with Crippen LogP contribution in [0.2, 0.25) is 5.02 Å². The average molecular weight is 359 g/mol. The normalized spacial score (nSPS) is 15.0. The lowest BCUT2D eigenvalue weighted by atomic mass is 10.2. The number of nitrogens with zero attached hydrogens (tertiary/aromatic N) is 2. The Balaban J connectivity index is 1.96. The summed E-state index contributed by atoms with van der Waals surface area (Å²) in [5, 5.41) is 11.7. The van der Waals surface area contributed by atoms with E-state index in [1.54, 1.807) is 30.3 Å². The second-order valence-electron chi connectivity index (χ2n) is 5.03. The molecule has 0 atom stereocenters. The van der Waals surface area contributed by atoms with Gasteiger partial charge in [0.2, 0.25) is 5.90 Å². The van der Waals surface area contributed by atoms with Crippen LogP contribution >= 0.6 is 11.6 Å². The van der Waals surface area contributed by atoms with Crippen molar-refractivity contribution in [3.8, 4) is 5.75 Å². The number of rotatable bonds is 4. The van der Waals surface area contributed by atoms with Gasteiger partial charge >= 0.3 is 11.7 Å². The van der Waals surface area contributed by atoms with Gasteiger partial charge in [0.15, 0.2) is 11.4 Å². The lowest BCUT2D eigenvalue weighted by molar-refractivity contribution is -0.385. The fourth-order valence-electron chi connectivity index (χ4n) is 2.22. The van der Waals surface area contributed by atoms with Crippen LogP contribution in [-0.4, -0.2) is 23.9 Å². The van der Waals surface area contributed by atoms with Crippen LogP contribution in [0.1, 0.15) is 11.1 Å². The SMILES string of the molecule is COc1ccc(C2=N/C(=C\c3ccc(Cl)cc3)C(=O)O2)cc1[N+](=O)[O-]. The number of nitro groups is 1. The van der Waals surface area contributed by atoms with Crippen LogP contribution < -0.4 is 4.74 Å². The van der Waals surface area contributed by atoms with Crippen LogP contribution in [0.3, 0.4) is 0 Å². The fraction of sp³-hybridized carbons (Fsp3) is 0.0588. The van der Waals surface area contributed by atoms with Gasteiger partial charge < -0.3 is 9.47 Å². The second-order valence-corrected chi connectivity index (χ2v) is 5.47. The molecule has 8 heteroatoms. The third kappa shape index (κ3) is 3.51. The van der Waals surface area contributed by atoms with Gasteiger partial charge in [0.1, 0.15) is 0 Å². The van der Waals surface area contributed by atoms with E-state index in [1.807, 2.05) is 0 Å². The summed E-state index contributed by atoms with van der Waals surface area (Å²) in [6, 6.07) is 11.0. The summed E-state index contributed by atoms with van der Waals surface area (Å²) >= 11 is 5.82. The maximum atomic E-state index is 12.0. The van der Waals surface area contributed by atoms with E-state index in [0.717, 1.165) is 5.56 Å². The number of hydrogen-bond acceptors (Lipinski definition) is 6. The number of hydrogen-bond donors (Lipinski definition) is 0. The Bertz CT molecular complexity index is 919. The minimum atomic E-state index is -0.636. The van der Waals surface area contributed by atoms with Gasteiger partial charge in [-0.3, -0.25) is 10.1 Å². The Labute approximate surface area is 147 Å². The zero-order chi connectivity index (χ0) is 18.0. The fourth-order valence-corrected chi connectivity index (χ4v) is 2.34. The molecule has 0 fully saturated rings. The van der Waals surface area contributed by atoms with Crippen LogP contribution in [0.15, 0.2) is 53.2 Å². The van der Waals surface area contributed by atoms with Crippen molar-refractivity contribution in [1.82, 2.24) is 0 Å². The van der Waals surface area contributed by atoms with Gasteiger partial charge in [-0.1, -0.05) is 23.7 Å². The smallest absolute Gasteiger partial charge is 0.363 e. The number of carbonyl (C=O) groups is 1. The molecule has 0 bridgehead atoms. The average Bonchev–Trinajstić information content (AvgIpc) is 2.97. The Morgan fingerprint density at radius 2 is 1.96 bits per heavy atom. The standard InChI is InChI=1S/C17H11ClN2O5/c1-24-15-7-4-11(9-14(15)20(22)23)16-19-13(17(21)25-16)8-10-2-5-12(18)6-3-10/h2-9H,1H3/b13-8-. The highest BCUT2D eigenvalue weighted by molar-refractivity contribution is 6.30. The summed E-state index contributed by atoms with van der Waals surface area (Å²) in [6.07, 6.45) is 1.55. The molecule has 25 heavy (non-hydrogen) atoms. The number of methoxy groups -OCH3 is 1. The first-order chi connectivity index (χ1) is 12.0. The van der Waals surface area contributed by atoms with E-state index in [4.69, 9.17) is 21.1 Å². The number of nitro benzene ring substituents is 1. The van der Waals surface area contributed by atoms with E-state index >= 15 is 0 Å². The van der Waals surface area contributed by atoms with Gasteiger partial charge in [-0.15, -0.1) is 0 Å². The van der Waals surface area contributed by atoms with Crippen LogP contribution in [0.25, 0.3) is 6.08 Å². The number of halogens is 1. The summed E-state index contributed by atoms with van der Waals surface area (Å²) < 4.78 is 10.1. The maximum Gasteiger partial charge on any atom is 0.363 e. The molecule has 2 aromatic rings. The van der Waals surface area contributed by atoms with E-state index in [1.165, 1.54) is 25.3 Å². The summed E-state index contributed by atoms with van der Waals surface area (Å²) in [4.78, 5) is 26.6. The molecule has 0 N–H and O–H groups in total. The van der Waals surface area contributed by atoms with Gasteiger partial charge in [0.25, 0.3) is 0 Å². The number of ether oxygens (including phenoxy) is 2. The molecule has 0 amide bonds. The van der Waals surface area contributed by atoms with Gasteiger partial charge in [-0.25, -0.2) is 9.79 Å². The topological polar surface area (TPSA) is 91.0 Å². The molecule has 1 aliphatic rings. The minimum Gasteiger partial charge on any atom is -0.490 e. The number of carbonyl (C=O) groups excluding carboxylic acids is 1. The van der Waals surface area contributed by atoms with Crippen molar-refractivity contribution in [3.05, 3.63) is 74.4 Å². The zero-order valence-corrected chi connectivity index (χ0v) is 13.7. The quantitative estimate of drug-likeness (QED) is 0.360. The van der Waals surface area contributed by atoms with Crippen LogP contribution in [-0.2, 0) is 9.53 Å². The molecule has 1 aliphatic heterocycles. The highest BCUT2D eigenvalue weighted by Crippen LogP contribution is 2.29. The molecule has 0 radical (unpaired) electrons. The molecule has 0 spiro atoms. The molecule has 0 saturated heterocycles. The third-order valence-electron chi connectivity index (χ3n) is 3.42. The van der Waals surface area contributed by atoms with Crippen molar-refractivity contribution >= 4 is 35.2 Å². The molecule has 1 heterocycles. The van der Waals surface area contributed by atoms with Gasteiger partial charge in [0, 0.05) is 16.7 Å². The van der Waals surface area contributed by atoms with Crippen LogP contribution in [0.4, 0.5) is 5.69 Å². The number of benzene rings is 2. The van der Waals surface area contributed by atoms with Crippen molar-refractivity contribution in [1.29, 1.82) is 0 Å². The largest absolute Gasteiger partial charge is 0.490 e. The zero-order valence-electron chi connectivity index (χ0n) is 12.9. The molecule has 0 aromatic heterocycles. The van der Waals surface area contributed by atoms with Crippen molar-refractivity contribution < 1.29 is 19.2 Å². The number of aliphatic imine (C=N–C) groups is 1. The van der Waals surface area contributed by atoms with E-state index in [-0.39, 0.29) is 23.0 Å². The molecule has 3 rings (SSSR count). The summed E-state index contributed by atoms with van der Waals surface area (Å²) in [6.45, 7) is 0. The predicted octanol–water partition coefficient (Wildman–Crippen LogP) is 3.60. The highest BCUT2D eigenvalue weighted by atomic mass is 35.5. The van der Waals surface area contributed by atoms with E-state index in [9.17, 15) is 14.9 Å². The first-order valence-corrected chi connectivity index (χ1v) is 7.46. The second kappa shape index (κ2) is 6.74. The van der Waals surface area contributed by atoms with E-state index in [0.29, 0.717) is 10.6 Å². The van der Waals surface area contributed by atoms with Gasteiger partial charge in [-0.05, 0) is 35.9 Å². The minimum absolute atomic E-state index is 0.00373. The maximum absolute atomic E-state index is 12.0. The third-order valence-corrected chi connectivity index (χ3v) is 3.67. The monoisotopic (exact) mass is 358 g/mol. The number of cyclic esters (lactones) is 1. The molecule has 126 valence electrons. The molecule has 0 aliphatic carbocycles. The first-order valence-electron chi connectivity index (χ1n) is 7.09. The molecule has 2 aromatic carbocycles. The van der Waals surface area contributed by atoms with Crippen LogP contribution in [0, 0.1) is 10.1 Å². The predicted molar refractivity (Wildman–Crippen MR) is 91.7 cm³/mol. The lowest BCUT2D eigenvalue weighted by Crippen LogP contribution is -2.06. The molecule has 0 unspecified atom stereocenters. The van der Waals surface area contributed by atoms with E-state index in [2.05, 4.69) is 4.99 Å². The Kier molecular flexibility index (Phi) is 4.49. The Morgan fingerprint density at radius 1 is 1.24 bits per heavy atom. The van der Waals surface area contributed by atoms with Gasteiger partial charge in [0.05, 0.1) is 12.0 Å². The van der Waals surface area contributed by atoms with Crippen LogP contribution in [0.5, 0.6) is 5.75 Å². The molecular weight excluding hydrogens is 348 g/mol. The Hall–Kier alpha value is -3.19. The van der Waals surface area contributed by atoms with Crippen molar-refractivity contribution in [2.24, 2.45) is 4.99 Å². The summed E-state index contributed by atoms with van der Waals surface area (Å²) in [7, 11) is 1.34. The lowest BCUT2D eigenvalue weighted by Gasteiger charge is -2.03. The molecular formula is C17H11ClN2O5. The van der Waals surface area contributed by atoms with Gasteiger partial charge in [-0.2, -0.15) is 0 Å². The summed E-state index contributed by atoms with van der Waals surface area (Å²) in [5.74, 6) is -0.532.